The molecule has 6 nitrogen and oxygen atoms in total. The molecular weight excluding hydrogens is 355 g/mol. The fraction of sp³-hybridized carbons (Fsp3) is 0.500. The van der Waals surface area contributed by atoms with E-state index in [1.807, 2.05) is 0 Å². The van der Waals surface area contributed by atoms with Crippen molar-refractivity contribution >= 4 is 35.1 Å². The smallest absolute Gasteiger partial charge is 0.327 e. The highest BCUT2D eigenvalue weighted by Crippen LogP contribution is 2.29. The number of aliphatic hydroxyl groups is 1. The van der Waals surface area contributed by atoms with Crippen LogP contribution in [0.2, 0.25) is 10.0 Å². The summed E-state index contributed by atoms with van der Waals surface area (Å²) in [6.45, 7) is 0.404. The van der Waals surface area contributed by atoms with Gasteiger partial charge in [0.1, 0.15) is 24.5 Å². The molecular formula is C16H18Cl2N2O4. The summed E-state index contributed by atoms with van der Waals surface area (Å²) < 4.78 is 5.45. The molecule has 8 heteroatoms. The largest absolute Gasteiger partial charge is 0.489 e. The second kappa shape index (κ2) is 7.17. The summed E-state index contributed by atoms with van der Waals surface area (Å²) in [5, 5.41) is 11.0. The van der Waals surface area contributed by atoms with Crippen LogP contribution in [0, 0.1) is 0 Å². The number of fused-ring (bicyclic) bond motifs is 1. The zero-order chi connectivity index (χ0) is 17.3. The number of rotatable bonds is 5. The number of nitrogens with zero attached hydrogens (tertiary/aromatic N) is 2. The molecule has 0 spiro atoms. The number of carbonyl (C=O) groups is 2. The van der Waals surface area contributed by atoms with Crippen molar-refractivity contribution in [3.05, 3.63) is 28.2 Å². The maximum absolute atomic E-state index is 12.3. The molecule has 0 aromatic heterocycles. The zero-order valence-electron chi connectivity index (χ0n) is 13.0. The summed E-state index contributed by atoms with van der Waals surface area (Å²) in [7, 11) is 0. The molecule has 2 heterocycles. The number of halogens is 2. The van der Waals surface area contributed by atoms with E-state index >= 15 is 0 Å². The van der Waals surface area contributed by atoms with Crippen molar-refractivity contribution in [3.8, 4) is 5.75 Å². The first kappa shape index (κ1) is 17.3. The third-order valence-corrected chi connectivity index (χ3v) is 4.80. The monoisotopic (exact) mass is 372 g/mol. The first-order valence-electron chi connectivity index (χ1n) is 7.85. The van der Waals surface area contributed by atoms with E-state index in [-0.39, 0.29) is 31.1 Å². The van der Waals surface area contributed by atoms with E-state index in [1.54, 1.807) is 23.1 Å². The SMILES string of the molecule is O=C1[C@H]2CCCCN2C(=O)N1C[C@@H](O)COc1cc(Cl)ccc1Cl. The number of β-amino-alcohol motifs (C(OH)–C–C–N with tert-alkyl or cyclic N) is 1. The summed E-state index contributed by atoms with van der Waals surface area (Å²) in [4.78, 5) is 27.3. The Morgan fingerprint density at radius 1 is 1.29 bits per heavy atom. The molecule has 0 aliphatic carbocycles. The van der Waals surface area contributed by atoms with Crippen LogP contribution in [-0.4, -0.2) is 58.7 Å². The number of imide groups is 1. The molecule has 2 aliphatic rings. The van der Waals surface area contributed by atoms with Crippen LogP contribution in [0.4, 0.5) is 4.79 Å². The number of amides is 3. The Hall–Kier alpha value is -1.50. The minimum absolute atomic E-state index is 0.0944. The second-order valence-electron chi connectivity index (χ2n) is 5.98. The van der Waals surface area contributed by atoms with Gasteiger partial charge in [0.05, 0.1) is 11.6 Å². The van der Waals surface area contributed by atoms with E-state index in [0.29, 0.717) is 28.8 Å². The van der Waals surface area contributed by atoms with Crippen LogP contribution in [0.25, 0.3) is 0 Å². The molecule has 2 fully saturated rings. The molecule has 2 atom stereocenters. The Labute approximate surface area is 149 Å². The van der Waals surface area contributed by atoms with Crippen LogP contribution < -0.4 is 4.74 Å². The number of carbonyl (C=O) groups excluding carboxylic acids is 2. The summed E-state index contributed by atoms with van der Waals surface area (Å²) in [6.07, 6.45) is 1.52. The topological polar surface area (TPSA) is 70.1 Å². The van der Waals surface area contributed by atoms with Gasteiger partial charge < -0.3 is 14.7 Å². The van der Waals surface area contributed by atoms with Gasteiger partial charge in [-0.1, -0.05) is 23.2 Å². The van der Waals surface area contributed by atoms with Crippen molar-refractivity contribution in [2.45, 2.75) is 31.4 Å². The summed E-state index contributed by atoms with van der Waals surface area (Å²) in [5.74, 6) is 0.110. The molecule has 0 radical (unpaired) electrons. The predicted octanol–water partition coefficient (Wildman–Crippen LogP) is 2.55. The third-order valence-electron chi connectivity index (χ3n) is 4.25. The summed E-state index contributed by atoms with van der Waals surface area (Å²) in [5.41, 5.74) is 0. The molecule has 0 bridgehead atoms. The van der Waals surface area contributed by atoms with Gasteiger partial charge >= 0.3 is 6.03 Å². The van der Waals surface area contributed by atoms with Gasteiger partial charge in [0.25, 0.3) is 5.91 Å². The van der Waals surface area contributed by atoms with E-state index in [2.05, 4.69) is 0 Å². The highest BCUT2D eigenvalue weighted by Gasteiger charge is 2.46. The molecule has 1 N–H and O–H groups in total. The van der Waals surface area contributed by atoms with Crippen LogP contribution >= 0.6 is 23.2 Å². The van der Waals surface area contributed by atoms with Crippen molar-refractivity contribution in [1.82, 2.24) is 9.80 Å². The molecule has 2 saturated heterocycles. The second-order valence-corrected chi connectivity index (χ2v) is 6.82. The van der Waals surface area contributed by atoms with E-state index in [4.69, 9.17) is 27.9 Å². The molecule has 3 amide bonds. The fourth-order valence-electron chi connectivity index (χ4n) is 3.05. The lowest BCUT2D eigenvalue weighted by molar-refractivity contribution is -0.129. The Morgan fingerprint density at radius 2 is 2.08 bits per heavy atom. The van der Waals surface area contributed by atoms with Crippen LogP contribution in [0.5, 0.6) is 5.75 Å². The van der Waals surface area contributed by atoms with Crippen LogP contribution in [0.1, 0.15) is 19.3 Å². The van der Waals surface area contributed by atoms with Crippen LogP contribution in [-0.2, 0) is 4.79 Å². The lowest BCUT2D eigenvalue weighted by Gasteiger charge is -2.26. The average molecular weight is 373 g/mol. The summed E-state index contributed by atoms with van der Waals surface area (Å²) >= 11 is 11.9. The number of aliphatic hydroxyl groups excluding tert-OH is 1. The average Bonchev–Trinajstić information content (AvgIpc) is 2.81. The quantitative estimate of drug-likeness (QED) is 0.806. The van der Waals surface area contributed by atoms with E-state index < -0.39 is 6.10 Å². The fourth-order valence-corrected chi connectivity index (χ4v) is 3.39. The van der Waals surface area contributed by atoms with Gasteiger partial charge in [-0.25, -0.2) is 4.79 Å². The van der Waals surface area contributed by atoms with Crippen LogP contribution in [0.3, 0.4) is 0 Å². The molecule has 24 heavy (non-hydrogen) atoms. The van der Waals surface area contributed by atoms with Crippen LogP contribution in [0.15, 0.2) is 18.2 Å². The Morgan fingerprint density at radius 3 is 2.83 bits per heavy atom. The number of benzene rings is 1. The Balaban J connectivity index is 1.58. The van der Waals surface area contributed by atoms with Crippen molar-refractivity contribution in [1.29, 1.82) is 0 Å². The van der Waals surface area contributed by atoms with E-state index in [0.717, 1.165) is 17.7 Å². The van der Waals surface area contributed by atoms with E-state index in [1.165, 1.54) is 0 Å². The van der Waals surface area contributed by atoms with Crippen molar-refractivity contribution in [2.24, 2.45) is 0 Å². The highest BCUT2D eigenvalue weighted by molar-refractivity contribution is 6.34. The lowest BCUT2D eigenvalue weighted by Crippen LogP contribution is -2.40. The lowest BCUT2D eigenvalue weighted by atomic mass is 10.0. The van der Waals surface area contributed by atoms with Gasteiger partial charge in [-0.3, -0.25) is 9.69 Å². The third kappa shape index (κ3) is 3.45. The number of urea groups is 1. The zero-order valence-corrected chi connectivity index (χ0v) is 14.5. The maximum Gasteiger partial charge on any atom is 0.327 e. The van der Waals surface area contributed by atoms with E-state index in [9.17, 15) is 14.7 Å². The van der Waals surface area contributed by atoms with Crippen molar-refractivity contribution in [3.63, 3.8) is 0 Å². The Kier molecular flexibility index (Phi) is 5.18. The minimum atomic E-state index is -1.01. The maximum atomic E-state index is 12.3. The molecule has 0 saturated carbocycles. The van der Waals surface area contributed by atoms with Gasteiger partial charge in [0.15, 0.2) is 0 Å². The molecule has 1 aromatic carbocycles. The minimum Gasteiger partial charge on any atom is -0.489 e. The summed E-state index contributed by atoms with van der Waals surface area (Å²) in [6, 6.07) is 4.07. The predicted molar refractivity (Wildman–Crippen MR) is 89.4 cm³/mol. The van der Waals surface area contributed by atoms with Gasteiger partial charge in [-0.05, 0) is 31.4 Å². The normalized spacial score (nSPS) is 21.9. The first-order valence-corrected chi connectivity index (χ1v) is 8.61. The standard InChI is InChI=1S/C16H18Cl2N2O4/c17-10-4-5-12(18)14(7-10)24-9-11(21)8-20-15(22)13-3-1-2-6-19(13)16(20)23/h4-5,7,11,13,21H,1-3,6,8-9H2/t11-,13-/m1/s1. The number of hydrogen-bond donors (Lipinski definition) is 1. The Bertz CT molecular complexity index is 631. The van der Waals surface area contributed by atoms with Crippen molar-refractivity contribution < 1.29 is 19.4 Å². The first-order chi connectivity index (χ1) is 11.5. The molecule has 0 unspecified atom stereocenters. The van der Waals surface area contributed by atoms with Gasteiger partial charge in [-0.2, -0.15) is 0 Å². The number of ether oxygens (including phenoxy) is 1. The highest BCUT2D eigenvalue weighted by atomic mass is 35.5. The molecule has 130 valence electrons. The number of hydrogen-bond acceptors (Lipinski definition) is 4. The molecule has 2 aliphatic heterocycles. The van der Waals surface area contributed by atoms with Gasteiger partial charge in [0, 0.05) is 17.6 Å². The van der Waals surface area contributed by atoms with Gasteiger partial charge in [0.2, 0.25) is 0 Å². The molecule has 1 aromatic rings. The van der Waals surface area contributed by atoms with Gasteiger partial charge in [-0.15, -0.1) is 0 Å². The van der Waals surface area contributed by atoms with Crippen molar-refractivity contribution in [2.75, 3.05) is 19.7 Å². The number of piperidine rings is 1. The molecule has 3 rings (SSSR count).